The summed E-state index contributed by atoms with van der Waals surface area (Å²) in [4.78, 5) is 0. The average Bonchev–Trinajstić information content (AvgIpc) is 2.81. The van der Waals surface area contributed by atoms with Crippen molar-refractivity contribution in [3.63, 3.8) is 0 Å². The van der Waals surface area contributed by atoms with Gasteiger partial charge in [-0.1, -0.05) is 13.8 Å². The van der Waals surface area contributed by atoms with E-state index < -0.39 is 0 Å². The summed E-state index contributed by atoms with van der Waals surface area (Å²) in [5.41, 5.74) is 2.63. The third-order valence-corrected chi connectivity index (χ3v) is 4.66. The lowest BCUT2D eigenvalue weighted by molar-refractivity contribution is 0.261. The van der Waals surface area contributed by atoms with Gasteiger partial charge in [0.15, 0.2) is 0 Å². The molecule has 0 amide bonds. The van der Waals surface area contributed by atoms with Crippen molar-refractivity contribution < 1.29 is 4.74 Å². The number of ether oxygens (including phenoxy) is 1. The molecule has 0 aromatic heterocycles. The van der Waals surface area contributed by atoms with E-state index in [1.165, 1.54) is 30.5 Å². The van der Waals surface area contributed by atoms with Gasteiger partial charge in [-0.2, -0.15) is 0 Å². The highest BCUT2D eigenvalue weighted by Gasteiger charge is 2.24. The van der Waals surface area contributed by atoms with Crippen LogP contribution in [0.3, 0.4) is 0 Å². The molecule has 0 spiro atoms. The Morgan fingerprint density at radius 2 is 2.06 bits per heavy atom. The van der Waals surface area contributed by atoms with Crippen molar-refractivity contribution in [1.29, 1.82) is 0 Å². The van der Waals surface area contributed by atoms with E-state index in [1.54, 1.807) is 0 Å². The lowest BCUT2D eigenvalue weighted by atomic mass is 9.79. The fraction of sp³-hybridized carbons (Fsp3) is 0.625. The minimum Gasteiger partial charge on any atom is -0.493 e. The number of anilines is 1. The second kappa shape index (κ2) is 4.83. The highest BCUT2D eigenvalue weighted by Crippen LogP contribution is 2.33. The monoisotopic (exact) mass is 245 g/mol. The van der Waals surface area contributed by atoms with Crippen LogP contribution in [-0.4, -0.2) is 12.6 Å². The zero-order valence-electron chi connectivity index (χ0n) is 11.4. The van der Waals surface area contributed by atoms with Crippen molar-refractivity contribution in [1.82, 2.24) is 0 Å². The highest BCUT2D eigenvalue weighted by molar-refractivity contribution is 5.53. The molecule has 1 saturated carbocycles. The minimum atomic E-state index is 0.650. The molecule has 1 aliphatic carbocycles. The van der Waals surface area contributed by atoms with Crippen molar-refractivity contribution in [2.24, 2.45) is 11.8 Å². The van der Waals surface area contributed by atoms with Crippen LogP contribution in [0.25, 0.3) is 0 Å². The van der Waals surface area contributed by atoms with Gasteiger partial charge in [0.1, 0.15) is 5.75 Å². The maximum absolute atomic E-state index is 5.55. The Labute approximate surface area is 110 Å². The normalized spacial score (nSPS) is 30.7. The molecule has 2 heteroatoms. The van der Waals surface area contributed by atoms with E-state index in [4.69, 9.17) is 4.74 Å². The van der Waals surface area contributed by atoms with Gasteiger partial charge >= 0.3 is 0 Å². The first-order valence-electron chi connectivity index (χ1n) is 7.24. The van der Waals surface area contributed by atoms with Crippen LogP contribution in [0.4, 0.5) is 5.69 Å². The SMILES string of the molecule is CC1CCC(Nc2ccc3c(c2)CCO3)CC1C. The zero-order valence-corrected chi connectivity index (χ0v) is 11.4. The second-order valence-corrected chi connectivity index (χ2v) is 6.03. The molecule has 1 N–H and O–H groups in total. The molecule has 2 nitrogen and oxygen atoms in total. The number of fused-ring (bicyclic) bond motifs is 1. The lowest BCUT2D eigenvalue weighted by Crippen LogP contribution is -2.30. The van der Waals surface area contributed by atoms with Crippen molar-refractivity contribution in [3.8, 4) is 5.75 Å². The molecule has 1 aliphatic heterocycles. The van der Waals surface area contributed by atoms with E-state index in [0.29, 0.717) is 6.04 Å². The molecule has 98 valence electrons. The van der Waals surface area contributed by atoms with Crippen LogP contribution in [0, 0.1) is 11.8 Å². The van der Waals surface area contributed by atoms with Gasteiger partial charge in [-0.15, -0.1) is 0 Å². The van der Waals surface area contributed by atoms with Gasteiger partial charge in [-0.05, 0) is 54.9 Å². The topological polar surface area (TPSA) is 21.3 Å². The number of hydrogen-bond acceptors (Lipinski definition) is 2. The summed E-state index contributed by atoms with van der Waals surface area (Å²) >= 11 is 0. The van der Waals surface area contributed by atoms with E-state index in [-0.39, 0.29) is 0 Å². The van der Waals surface area contributed by atoms with Gasteiger partial charge in [0.25, 0.3) is 0 Å². The Hall–Kier alpha value is -1.18. The lowest BCUT2D eigenvalue weighted by Gasteiger charge is -2.33. The molecule has 1 fully saturated rings. The summed E-state index contributed by atoms with van der Waals surface area (Å²) < 4.78 is 5.55. The van der Waals surface area contributed by atoms with Crippen molar-refractivity contribution in [2.75, 3.05) is 11.9 Å². The van der Waals surface area contributed by atoms with Gasteiger partial charge in [0.05, 0.1) is 6.61 Å². The largest absolute Gasteiger partial charge is 0.493 e. The number of hydrogen-bond donors (Lipinski definition) is 1. The number of nitrogens with one attached hydrogen (secondary N) is 1. The molecule has 18 heavy (non-hydrogen) atoms. The first kappa shape index (κ1) is 11.9. The molecule has 0 saturated heterocycles. The van der Waals surface area contributed by atoms with Gasteiger partial charge in [0.2, 0.25) is 0 Å². The Morgan fingerprint density at radius 1 is 1.17 bits per heavy atom. The van der Waals surface area contributed by atoms with Gasteiger partial charge in [-0.25, -0.2) is 0 Å². The van der Waals surface area contributed by atoms with E-state index in [9.17, 15) is 0 Å². The first-order valence-corrected chi connectivity index (χ1v) is 7.24. The van der Waals surface area contributed by atoms with Gasteiger partial charge in [-0.3, -0.25) is 0 Å². The third kappa shape index (κ3) is 2.33. The maximum Gasteiger partial charge on any atom is 0.122 e. The van der Waals surface area contributed by atoms with E-state index in [0.717, 1.165) is 30.6 Å². The van der Waals surface area contributed by atoms with Crippen LogP contribution < -0.4 is 10.1 Å². The van der Waals surface area contributed by atoms with E-state index in [2.05, 4.69) is 37.4 Å². The molecule has 3 unspecified atom stereocenters. The fourth-order valence-corrected chi connectivity index (χ4v) is 3.19. The number of rotatable bonds is 2. The van der Waals surface area contributed by atoms with E-state index in [1.807, 2.05) is 0 Å². The number of benzene rings is 1. The summed E-state index contributed by atoms with van der Waals surface area (Å²) in [5, 5.41) is 3.71. The summed E-state index contributed by atoms with van der Waals surface area (Å²) in [6.07, 6.45) is 5.02. The molecule has 3 atom stereocenters. The summed E-state index contributed by atoms with van der Waals surface area (Å²) in [6, 6.07) is 7.19. The molecular weight excluding hydrogens is 222 g/mol. The molecule has 1 aromatic rings. The predicted molar refractivity (Wildman–Crippen MR) is 75.2 cm³/mol. The van der Waals surface area contributed by atoms with Crippen molar-refractivity contribution in [2.45, 2.75) is 45.6 Å². The van der Waals surface area contributed by atoms with Crippen LogP contribution in [0.1, 0.15) is 38.7 Å². The van der Waals surface area contributed by atoms with Crippen LogP contribution in [0.15, 0.2) is 18.2 Å². The third-order valence-electron chi connectivity index (χ3n) is 4.66. The summed E-state index contributed by atoms with van der Waals surface area (Å²) in [7, 11) is 0. The molecule has 2 aliphatic rings. The molecule has 1 aromatic carbocycles. The molecular formula is C16H23NO. The quantitative estimate of drug-likeness (QED) is 0.854. The van der Waals surface area contributed by atoms with Crippen molar-refractivity contribution >= 4 is 5.69 Å². The molecule has 0 radical (unpaired) electrons. The molecule has 0 bridgehead atoms. The molecule has 1 heterocycles. The highest BCUT2D eigenvalue weighted by atomic mass is 16.5. The first-order chi connectivity index (χ1) is 8.72. The zero-order chi connectivity index (χ0) is 12.5. The minimum absolute atomic E-state index is 0.650. The van der Waals surface area contributed by atoms with Crippen LogP contribution in [0.2, 0.25) is 0 Å². The Morgan fingerprint density at radius 3 is 2.89 bits per heavy atom. The van der Waals surface area contributed by atoms with Crippen LogP contribution in [0.5, 0.6) is 5.75 Å². The smallest absolute Gasteiger partial charge is 0.122 e. The van der Waals surface area contributed by atoms with Crippen LogP contribution in [-0.2, 0) is 6.42 Å². The maximum atomic E-state index is 5.55. The Kier molecular flexibility index (Phi) is 3.19. The summed E-state index contributed by atoms with van der Waals surface area (Å²) in [5.74, 6) is 2.80. The predicted octanol–water partition coefficient (Wildman–Crippen LogP) is 3.86. The second-order valence-electron chi connectivity index (χ2n) is 6.03. The Balaban J connectivity index is 1.66. The summed E-state index contributed by atoms with van der Waals surface area (Å²) in [6.45, 7) is 5.61. The van der Waals surface area contributed by atoms with Gasteiger partial charge in [0, 0.05) is 18.2 Å². The van der Waals surface area contributed by atoms with Crippen molar-refractivity contribution in [3.05, 3.63) is 23.8 Å². The fourth-order valence-electron chi connectivity index (χ4n) is 3.19. The average molecular weight is 245 g/mol. The Bertz CT molecular complexity index is 429. The molecule has 3 rings (SSSR count). The standard InChI is InChI=1S/C16H23NO/c1-11-3-4-14(9-12(11)2)17-15-5-6-16-13(10-15)7-8-18-16/h5-6,10-12,14,17H,3-4,7-9H2,1-2H3. The van der Waals surface area contributed by atoms with Crippen LogP contribution >= 0.6 is 0 Å². The van der Waals surface area contributed by atoms with E-state index >= 15 is 0 Å². The van der Waals surface area contributed by atoms with Gasteiger partial charge < -0.3 is 10.1 Å².